The van der Waals surface area contributed by atoms with Crippen LogP contribution in [0.3, 0.4) is 0 Å². The van der Waals surface area contributed by atoms with E-state index in [4.69, 9.17) is 5.11 Å². The van der Waals surface area contributed by atoms with Crippen LogP contribution >= 0.6 is 0 Å². The van der Waals surface area contributed by atoms with Crippen LogP contribution in [0, 0.1) is 0 Å². The maximum atomic E-state index is 10.9. The molecular weight excluding hydrogens is 174 g/mol. The SMILES string of the molecule is CCCCCC(=O)NOCC(=O)O. The summed E-state index contributed by atoms with van der Waals surface area (Å²) in [7, 11) is 0. The van der Waals surface area contributed by atoms with Crippen LogP contribution in [0.4, 0.5) is 0 Å². The molecule has 5 heteroatoms. The number of hydroxylamine groups is 1. The highest BCUT2D eigenvalue weighted by Crippen LogP contribution is 1.97. The molecule has 0 aromatic heterocycles. The fourth-order valence-electron chi connectivity index (χ4n) is 0.765. The summed E-state index contributed by atoms with van der Waals surface area (Å²) in [5.74, 6) is -1.37. The van der Waals surface area contributed by atoms with Gasteiger partial charge in [0, 0.05) is 6.42 Å². The molecule has 0 atom stereocenters. The zero-order valence-electron chi connectivity index (χ0n) is 7.71. The summed E-state index contributed by atoms with van der Waals surface area (Å²) in [6, 6.07) is 0. The maximum absolute atomic E-state index is 10.9. The van der Waals surface area contributed by atoms with Crippen molar-refractivity contribution in [1.82, 2.24) is 5.48 Å². The van der Waals surface area contributed by atoms with E-state index in [1.54, 1.807) is 0 Å². The lowest BCUT2D eigenvalue weighted by Crippen LogP contribution is -2.26. The minimum absolute atomic E-state index is 0.269. The minimum atomic E-state index is -1.10. The van der Waals surface area contributed by atoms with Crippen molar-refractivity contribution < 1.29 is 19.5 Å². The lowest BCUT2D eigenvalue weighted by molar-refractivity contribution is -0.149. The van der Waals surface area contributed by atoms with Crippen molar-refractivity contribution in [3.05, 3.63) is 0 Å². The number of hydrogen-bond acceptors (Lipinski definition) is 3. The Kier molecular flexibility index (Phi) is 6.91. The van der Waals surface area contributed by atoms with Crippen LogP contribution < -0.4 is 5.48 Å². The van der Waals surface area contributed by atoms with Crippen LogP contribution in [0.5, 0.6) is 0 Å². The minimum Gasteiger partial charge on any atom is -0.479 e. The van der Waals surface area contributed by atoms with Gasteiger partial charge < -0.3 is 5.11 Å². The van der Waals surface area contributed by atoms with Crippen LogP contribution in [0.25, 0.3) is 0 Å². The Bertz CT molecular complexity index is 170. The topological polar surface area (TPSA) is 75.6 Å². The van der Waals surface area contributed by atoms with Gasteiger partial charge in [-0.15, -0.1) is 0 Å². The zero-order valence-corrected chi connectivity index (χ0v) is 7.71. The fourth-order valence-corrected chi connectivity index (χ4v) is 0.765. The summed E-state index contributed by atoms with van der Waals surface area (Å²) in [5, 5.41) is 8.16. The molecule has 0 saturated heterocycles. The van der Waals surface area contributed by atoms with Crippen molar-refractivity contribution in [3.8, 4) is 0 Å². The Labute approximate surface area is 77.0 Å². The molecule has 13 heavy (non-hydrogen) atoms. The molecule has 2 N–H and O–H groups in total. The average Bonchev–Trinajstić information content (AvgIpc) is 2.04. The van der Waals surface area contributed by atoms with Gasteiger partial charge in [0.25, 0.3) is 0 Å². The van der Waals surface area contributed by atoms with Crippen LogP contribution in [0.1, 0.15) is 32.6 Å². The monoisotopic (exact) mass is 189 g/mol. The average molecular weight is 189 g/mol. The smallest absolute Gasteiger partial charge is 0.332 e. The third-order valence-electron chi connectivity index (χ3n) is 1.39. The van der Waals surface area contributed by atoms with Gasteiger partial charge in [-0.2, -0.15) is 0 Å². The Morgan fingerprint density at radius 1 is 1.38 bits per heavy atom. The van der Waals surface area contributed by atoms with E-state index in [0.717, 1.165) is 19.3 Å². The van der Waals surface area contributed by atoms with Gasteiger partial charge >= 0.3 is 5.97 Å². The van der Waals surface area contributed by atoms with Gasteiger partial charge in [-0.05, 0) is 6.42 Å². The molecule has 1 amide bonds. The van der Waals surface area contributed by atoms with Crippen LogP contribution in [-0.2, 0) is 14.4 Å². The normalized spacial score (nSPS) is 9.62. The summed E-state index contributed by atoms with van der Waals surface area (Å²) in [4.78, 5) is 25.2. The zero-order chi connectivity index (χ0) is 10.1. The Balaban J connectivity index is 3.25. The number of carbonyl (C=O) groups is 2. The molecule has 0 unspecified atom stereocenters. The largest absolute Gasteiger partial charge is 0.479 e. The van der Waals surface area contributed by atoms with E-state index in [1.165, 1.54) is 0 Å². The van der Waals surface area contributed by atoms with Crippen molar-refractivity contribution in [1.29, 1.82) is 0 Å². The van der Waals surface area contributed by atoms with Crippen LogP contribution in [-0.4, -0.2) is 23.6 Å². The first-order valence-corrected chi connectivity index (χ1v) is 4.29. The molecule has 0 aliphatic carbocycles. The molecule has 76 valence electrons. The molecule has 0 rings (SSSR count). The number of hydrogen-bond donors (Lipinski definition) is 2. The molecule has 0 saturated carbocycles. The highest BCUT2D eigenvalue weighted by atomic mass is 16.7. The first kappa shape index (κ1) is 11.9. The molecule has 0 fully saturated rings. The number of aliphatic carboxylic acids is 1. The van der Waals surface area contributed by atoms with Crippen LogP contribution in [0.2, 0.25) is 0 Å². The van der Waals surface area contributed by atoms with Crippen LogP contribution in [0.15, 0.2) is 0 Å². The number of unbranched alkanes of at least 4 members (excludes halogenated alkanes) is 2. The van der Waals surface area contributed by atoms with Crippen molar-refractivity contribution in [3.63, 3.8) is 0 Å². The van der Waals surface area contributed by atoms with E-state index in [-0.39, 0.29) is 5.91 Å². The molecule has 0 aromatic rings. The molecule has 0 aliphatic heterocycles. The molecule has 0 radical (unpaired) electrons. The van der Waals surface area contributed by atoms with Gasteiger partial charge in [0.15, 0.2) is 6.61 Å². The Morgan fingerprint density at radius 3 is 2.62 bits per heavy atom. The van der Waals surface area contributed by atoms with Gasteiger partial charge in [0.1, 0.15) is 0 Å². The van der Waals surface area contributed by atoms with Crippen molar-refractivity contribution in [2.24, 2.45) is 0 Å². The first-order valence-electron chi connectivity index (χ1n) is 4.29. The standard InChI is InChI=1S/C8H15NO4/c1-2-3-4-5-7(10)9-13-6-8(11)12/h2-6H2,1H3,(H,9,10)(H,11,12). The van der Waals surface area contributed by atoms with E-state index in [9.17, 15) is 9.59 Å². The van der Waals surface area contributed by atoms with Gasteiger partial charge in [0.2, 0.25) is 5.91 Å². The third-order valence-corrected chi connectivity index (χ3v) is 1.39. The molecule has 5 nitrogen and oxygen atoms in total. The quantitative estimate of drug-likeness (QED) is 0.456. The van der Waals surface area contributed by atoms with Gasteiger partial charge in [-0.3, -0.25) is 9.63 Å². The highest BCUT2D eigenvalue weighted by Gasteiger charge is 2.01. The number of carbonyl (C=O) groups excluding carboxylic acids is 1. The molecule has 0 heterocycles. The number of carboxylic acid groups (broad SMARTS) is 1. The predicted octanol–water partition coefficient (Wildman–Crippen LogP) is 0.699. The van der Waals surface area contributed by atoms with Crippen molar-refractivity contribution in [2.45, 2.75) is 32.6 Å². The van der Waals surface area contributed by atoms with E-state index in [0.29, 0.717) is 6.42 Å². The summed E-state index contributed by atoms with van der Waals surface area (Å²) in [5.41, 5.74) is 2.05. The number of carboxylic acids is 1. The maximum Gasteiger partial charge on any atom is 0.332 e. The number of rotatable bonds is 7. The van der Waals surface area contributed by atoms with E-state index in [1.807, 2.05) is 6.92 Å². The highest BCUT2D eigenvalue weighted by molar-refractivity contribution is 5.75. The molecular formula is C8H15NO4. The third kappa shape index (κ3) is 8.81. The van der Waals surface area contributed by atoms with Gasteiger partial charge in [-0.25, -0.2) is 10.3 Å². The molecule has 0 aliphatic rings. The summed E-state index contributed by atoms with van der Waals surface area (Å²) in [6.45, 7) is 1.54. The van der Waals surface area contributed by atoms with Crippen molar-refractivity contribution >= 4 is 11.9 Å². The first-order chi connectivity index (χ1) is 6.16. The summed E-state index contributed by atoms with van der Waals surface area (Å²) < 4.78 is 0. The van der Waals surface area contributed by atoms with Gasteiger partial charge in [0.05, 0.1) is 0 Å². The predicted molar refractivity (Wildman–Crippen MR) is 45.9 cm³/mol. The molecule has 0 aromatic carbocycles. The second kappa shape index (κ2) is 7.54. The van der Waals surface area contributed by atoms with E-state index >= 15 is 0 Å². The van der Waals surface area contributed by atoms with Crippen molar-refractivity contribution in [2.75, 3.05) is 6.61 Å². The number of amides is 1. The van der Waals surface area contributed by atoms with E-state index in [2.05, 4.69) is 10.3 Å². The summed E-state index contributed by atoms with van der Waals surface area (Å²) in [6.07, 6.45) is 3.22. The Morgan fingerprint density at radius 2 is 2.08 bits per heavy atom. The second-order valence-corrected chi connectivity index (χ2v) is 2.66. The Hall–Kier alpha value is -1.10. The van der Waals surface area contributed by atoms with Gasteiger partial charge in [-0.1, -0.05) is 19.8 Å². The molecule has 0 bridgehead atoms. The second-order valence-electron chi connectivity index (χ2n) is 2.66. The fraction of sp³-hybridized carbons (Fsp3) is 0.750. The lowest BCUT2D eigenvalue weighted by atomic mass is 10.2. The lowest BCUT2D eigenvalue weighted by Gasteiger charge is -2.02. The number of nitrogens with one attached hydrogen (secondary N) is 1. The van der Waals surface area contributed by atoms with E-state index < -0.39 is 12.6 Å². The summed E-state index contributed by atoms with van der Waals surface area (Å²) >= 11 is 0. The molecule has 0 spiro atoms.